The molecule has 1 heterocycles. The summed E-state index contributed by atoms with van der Waals surface area (Å²) in [6, 6.07) is -1.13. The van der Waals surface area contributed by atoms with Crippen molar-refractivity contribution in [3.05, 3.63) is 0 Å². The van der Waals surface area contributed by atoms with E-state index in [2.05, 4.69) is 0 Å². The van der Waals surface area contributed by atoms with Crippen molar-refractivity contribution in [2.45, 2.75) is 31.9 Å². The minimum Gasteiger partial charge on any atom is -0.480 e. The van der Waals surface area contributed by atoms with E-state index in [9.17, 15) is 14.7 Å². The normalized spacial score (nSPS) is 21.9. The zero-order valence-corrected chi connectivity index (χ0v) is 9.59. The van der Waals surface area contributed by atoms with Crippen LogP contribution in [0, 0.1) is 0 Å². The monoisotopic (exact) mass is 230 g/mol. The fraction of sp³-hybridized carbons (Fsp3) is 0.800. The minimum atomic E-state index is -1.00. The van der Waals surface area contributed by atoms with Crippen molar-refractivity contribution in [2.24, 2.45) is 0 Å². The number of hydrogen-bond donors (Lipinski definition) is 2. The van der Waals surface area contributed by atoms with E-state index >= 15 is 0 Å². The molecule has 92 valence electrons. The Kier molecular flexibility index (Phi) is 4.12. The van der Waals surface area contributed by atoms with Gasteiger partial charge in [-0.25, -0.2) is 9.59 Å². The Morgan fingerprint density at radius 3 is 2.56 bits per heavy atom. The highest BCUT2D eigenvalue weighted by Gasteiger charge is 2.31. The van der Waals surface area contributed by atoms with E-state index in [4.69, 9.17) is 5.11 Å². The van der Waals surface area contributed by atoms with Crippen LogP contribution in [0.2, 0.25) is 0 Å². The smallest absolute Gasteiger partial charge is 0.326 e. The van der Waals surface area contributed by atoms with Gasteiger partial charge in [0.05, 0.1) is 6.10 Å². The SMILES string of the molecule is CCC(C(=O)O)N(C)C(=O)N1CCC(O)C1. The minimum absolute atomic E-state index is 0.291. The van der Waals surface area contributed by atoms with Crippen LogP contribution < -0.4 is 0 Å². The molecule has 2 unspecified atom stereocenters. The average molecular weight is 230 g/mol. The lowest BCUT2D eigenvalue weighted by atomic mass is 10.2. The van der Waals surface area contributed by atoms with Crippen LogP contribution in [-0.2, 0) is 4.79 Å². The highest BCUT2D eigenvalue weighted by molar-refractivity contribution is 5.82. The maximum absolute atomic E-state index is 11.9. The predicted octanol–water partition coefficient (Wildman–Crippen LogP) is -0.0320. The maximum Gasteiger partial charge on any atom is 0.326 e. The molecule has 6 nitrogen and oxygen atoms in total. The molecule has 16 heavy (non-hydrogen) atoms. The van der Waals surface area contributed by atoms with Gasteiger partial charge in [-0.05, 0) is 12.8 Å². The standard InChI is InChI=1S/C10H18N2O4/c1-3-8(9(14)15)11(2)10(16)12-5-4-7(13)6-12/h7-8,13H,3-6H2,1-2H3,(H,14,15). The zero-order chi connectivity index (χ0) is 12.3. The number of likely N-dealkylation sites (N-methyl/N-ethyl adjacent to an activating group) is 1. The summed E-state index contributed by atoms with van der Waals surface area (Å²) in [7, 11) is 1.48. The molecule has 0 aromatic rings. The molecule has 0 aliphatic carbocycles. The van der Waals surface area contributed by atoms with E-state index in [0.717, 1.165) is 0 Å². The van der Waals surface area contributed by atoms with Gasteiger partial charge < -0.3 is 20.0 Å². The molecular formula is C10H18N2O4. The summed E-state index contributed by atoms with van der Waals surface area (Å²) in [5.74, 6) is -1.00. The van der Waals surface area contributed by atoms with Crippen LogP contribution in [0.1, 0.15) is 19.8 Å². The molecular weight excluding hydrogens is 212 g/mol. The Labute approximate surface area is 94.4 Å². The molecule has 0 aromatic heterocycles. The van der Waals surface area contributed by atoms with Gasteiger partial charge in [0, 0.05) is 20.1 Å². The first-order chi connectivity index (χ1) is 7.47. The molecule has 2 N–H and O–H groups in total. The topological polar surface area (TPSA) is 81.1 Å². The predicted molar refractivity (Wildman–Crippen MR) is 57.1 cm³/mol. The number of β-amino-alcohol motifs (C(OH)–C–C–N with tert-alkyl or cyclic N) is 1. The summed E-state index contributed by atoms with van der Waals surface area (Å²) in [5.41, 5.74) is 0. The molecule has 1 fully saturated rings. The second kappa shape index (κ2) is 5.16. The first-order valence-electron chi connectivity index (χ1n) is 5.40. The van der Waals surface area contributed by atoms with Gasteiger partial charge in [0.2, 0.25) is 0 Å². The number of likely N-dealkylation sites (tertiary alicyclic amines) is 1. The van der Waals surface area contributed by atoms with E-state index in [1.165, 1.54) is 16.8 Å². The molecule has 2 amide bonds. The number of nitrogens with zero attached hydrogens (tertiary/aromatic N) is 2. The first-order valence-corrected chi connectivity index (χ1v) is 5.40. The summed E-state index contributed by atoms with van der Waals surface area (Å²) in [4.78, 5) is 25.5. The van der Waals surface area contributed by atoms with Crippen molar-refractivity contribution in [1.29, 1.82) is 0 Å². The van der Waals surface area contributed by atoms with Gasteiger partial charge in [0.25, 0.3) is 0 Å². The van der Waals surface area contributed by atoms with Crippen LogP contribution in [-0.4, -0.2) is 64.3 Å². The average Bonchev–Trinajstić information content (AvgIpc) is 2.64. The third-order valence-corrected chi connectivity index (χ3v) is 2.87. The molecule has 1 aliphatic rings. The van der Waals surface area contributed by atoms with E-state index in [1.54, 1.807) is 6.92 Å². The molecule has 2 atom stereocenters. The lowest BCUT2D eigenvalue weighted by molar-refractivity contribution is -0.142. The fourth-order valence-electron chi connectivity index (χ4n) is 1.89. The molecule has 1 saturated heterocycles. The number of urea groups is 1. The number of carbonyl (C=O) groups excluding carboxylic acids is 1. The maximum atomic E-state index is 11.9. The Morgan fingerprint density at radius 1 is 1.56 bits per heavy atom. The highest BCUT2D eigenvalue weighted by atomic mass is 16.4. The fourth-order valence-corrected chi connectivity index (χ4v) is 1.89. The van der Waals surface area contributed by atoms with Crippen molar-refractivity contribution in [3.63, 3.8) is 0 Å². The van der Waals surface area contributed by atoms with Crippen LogP contribution in [0.15, 0.2) is 0 Å². The van der Waals surface area contributed by atoms with Crippen molar-refractivity contribution in [1.82, 2.24) is 9.80 Å². The molecule has 1 rings (SSSR count). The van der Waals surface area contributed by atoms with Crippen LogP contribution >= 0.6 is 0 Å². The molecule has 6 heteroatoms. The van der Waals surface area contributed by atoms with Gasteiger partial charge in [0.15, 0.2) is 0 Å². The Morgan fingerprint density at radius 2 is 2.19 bits per heavy atom. The third-order valence-electron chi connectivity index (χ3n) is 2.87. The number of carbonyl (C=O) groups is 2. The number of aliphatic hydroxyl groups is 1. The summed E-state index contributed by atoms with van der Waals surface area (Å²) >= 11 is 0. The number of aliphatic hydroxyl groups excluding tert-OH is 1. The number of amides is 2. The van der Waals surface area contributed by atoms with Gasteiger partial charge in [0.1, 0.15) is 6.04 Å². The zero-order valence-electron chi connectivity index (χ0n) is 9.59. The van der Waals surface area contributed by atoms with Crippen LogP contribution in [0.4, 0.5) is 4.79 Å². The highest BCUT2D eigenvalue weighted by Crippen LogP contribution is 2.13. The quantitative estimate of drug-likeness (QED) is 0.713. The number of carboxylic acids is 1. The molecule has 0 saturated carbocycles. The molecule has 0 bridgehead atoms. The summed E-state index contributed by atoms with van der Waals surface area (Å²) in [6.45, 7) is 2.50. The Hall–Kier alpha value is -1.30. The van der Waals surface area contributed by atoms with Crippen molar-refractivity contribution >= 4 is 12.0 Å². The molecule has 0 radical (unpaired) electrons. The van der Waals surface area contributed by atoms with Gasteiger partial charge in [-0.15, -0.1) is 0 Å². The molecule has 1 aliphatic heterocycles. The van der Waals surface area contributed by atoms with Gasteiger partial charge in [-0.2, -0.15) is 0 Å². The lowest BCUT2D eigenvalue weighted by Crippen LogP contribution is -2.48. The third kappa shape index (κ3) is 2.63. The van der Waals surface area contributed by atoms with Crippen molar-refractivity contribution in [2.75, 3.05) is 20.1 Å². The first kappa shape index (κ1) is 12.8. The van der Waals surface area contributed by atoms with E-state index in [1.807, 2.05) is 0 Å². The Bertz CT molecular complexity index is 282. The van der Waals surface area contributed by atoms with E-state index in [0.29, 0.717) is 25.9 Å². The van der Waals surface area contributed by atoms with Gasteiger partial charge in [-0.1, -0.05) is 6.92 Å². The van der Waals surface area contributed by atoms with Crippen molar-refractivity contribution < 1.29 is 19.8 Å². The Balaban J connectivity index is 2.62. The lowest BCUT2D eigenvalue weighted by Gasteiger charge is -2.28. The molecule has 0 spiro atoms. The summed E-state index contributed by atoms with van der Waals surface area (Å²) in [6.07, 6.45) is 0.444. The second-order valence-electron chi connectivity index (χ2n) is 4.04. The number of rotatable bonds is 3. The van der Waals surface area contributed by atoms with Crippen LogP contribution in [0.5, 0.6) is 0 Å². The van der Waals surface area contributed by atoms with E-state index < -0.39 is 18.1 Å². The summed E-state index contributed by atoms with van der Waals surface area (Å²) < 4.78 is 0. The number of hydrogen-bond acceptors (Lipinski definition) is 3. The largest absolute Gasteiger partial charge is 0.480 e. The van der Waals surface area contributed by atoms with Gasteiger partial charge >= 0.3 is 12.0 Å². The van der Waals surface area contributed by atoms with Crippen molar-refractivity contribution in [3.8, 4) is 0 Å². The second-order valence-corrected chi connectivity index (χ2v) is 4.04. The number of carboxylic acid groups (broad SMARTS) is 1. The summed E-state index contributed by atoms with van der Waals surface area (Å²) in [5, 5.41) is 18.2. The van der Waals surface area contributed by atoms with Gasteiger partial charge in [-0.3, -0.25) is 0 Å². The number of aliphatic carboxylic acids is 1. The van der Waals surface area contributed by atoms with E-state index in [-0.39, 0.29) is 6.03 Å². The van der Waals surface area contributed by atoms with Crippen LogP contribution in [0.25, 0.3) is 0 Å². The molecule has 0 aromatic carbocycles. The van der Waals surface area contributed by atoms with Crippen LogP contribution in [0.3, 0.4) is 0 Å².